The van der Waals surface area contributed by atoms with Gasteiger partial charge in [0.05, 0.1) is 7.11 Å². The second-order valence-corrected chi connectivity index (χ2v) is 5.99. The Morgan fingerprint density at radius 3 is 2.42 bits per heavy atom. The standard InChI is InChI=1S/C21H23NO4/c1-14-5-6-15(2)19(13-14)22-21(24)16(3)26-20(23)12-9-17-7-10-18(25-4)11-8-17/h5-13,16H,1-4H3,(H,22,24)/b12-9+. The maximum atomic E-state index is 12.2. The lowest BCUT2D eigenvalue weighted by molar-refractivity contribution is -0.148. The van der Waals surface area contributed by atoms with E-state index in [1.807, 2.05) is 44.2 Å². The van der Waals surface area contributed by atoms with Gasteiger partial charge >= 0.3 is 5.97 Å². The molecule has 1 unspecified atom stereocenters. The Bertz CT molecular complexity index is 809. The van der Waals surface area contributed by atoms with Crippen molar-refractivity contribution >= 4 is 23.6 Å². The summed E-state index contributed by atoms with van der Waals surface area (Å²) in [6.07, 6.45) is 2.02. The number of ether oxygens (including phenoxy) is 2. The number of anilines is 1. The van der Waals surface area contributed by atoms with Gasteiger partial charge < -0.3 is 14.8 Å². The summed E-state index contributed by atoms with van der Waals surface area (Å²) in [6, 6.07) is 13.0. The molecule has 1 N–H and O–H groups in total. The molecule has 0 aliphatic carbocycles. The Kier molecular flexibility index (Phi) is 6.55. The lowest BCUT2D eigenvalue weighted by Gasteiger charge is -2.14. The Labute approximate surface area is 153 Å². The van der Waals surface area contributed by atoms with Crippen molar-refractivity contribution in [1.29, 1.82) is 0 Å². The lowest BCUT2D eigenvalue weighted by atomic mass is 10.1. The molecule has 2 rings (SSSR count). The minimum Gasteiger partial charge on any atom is -0.497 e. The Balaban J connectivity index is 1.91. The molecule has 0 aliphatic rings. The van der Waals surface area contributed by atoms with Crippen molar-refractivity contribution in [3.05, 3.63) is 65.2 Å². The van der Waals surface area contributed by atoms with Crippen LogP contribution in [0.25, 0.3) is 6.08 Å². The van der Waals surface area contributed by atoms with Crippen molar-refractivity contribution < 1.29 is 19.1 Å². The molecule has 2 aromatic rings. The average Bonchev–Trinajstić information content (AvgIpc) is 2.63. The molecule has 0 fully saturated rings. The van der Waals surface area contributed by atoms with Gasteiger partial charge in [-0.25, -0.2) is 4.79 Å². The Hall–Kier alpha value is -3.08. The number of carbonyl (C=O) groups is 2. The molecule has 0 radical (unpaired) electrons. The number of amides is 1. The SMILES string of the molecule is COc1ccc(/C=C/C(=O)OC(C)C(=O)Nc2cc(C)ccc2C)cc1. The molecular formula is C21H23NO4. The summed E-state index contributed by atoms with van der Waals surface area (Å²) >= 11 is 0. The third kappa shape index (κ3) is 5.48. The van der Waals surface area contributed by atoms with Crippen LogP contribution in [-0.2, 0) is 14.3 Å². The van der Waals surface area contributed by atoms with Gasteiger partial charge in [0.1, 0.15) is 5.75 Å². The van der Waals surface area contributed by atoms with Crippen molar-refractivity contribution in [1.82, 2.24) is 0 Å². The summed E-state index contributed by atoms with van der Waals surface area (Å²) in [7, 11) is 1.59. The van der Waals surface area contributed by atoms with Crippen LogP contribution in [0.3, 0.4) is 0 Å². The minimum atomic E-state index is -0.900. The molecular weight excluding hydrogens is 330 g/mol. The molecule has 0 bridgehead atoms. The summed E-state index contributed by atoms with van der Waals surface area (Å²) in [5.74, 6) is -0.212. The van der Waals surface area contributed by atoms with E-state index in [-0.39, 0.29) is 5.91 Å². The topological polar surface area (TPSA) is 64.6 Å². The van der Waals surface area contributed by atoms with E-state index >= 15 is 0 Å². The van der Waals surface area contributed by atoms with E-state index in [9.17, 15) is 9.59 Å². The molecule has 5 heteroatoms. The first-order valence-corrected chi connectivity index (χ1v) is 8.30. The highest BCUT2D eigenvalue weighted by molar-refractivity contribution is 5.97. The first kappa shape index (κ1) is 19.2. The molecule has 2 aromatic carbocycles. The van der Waals surface area contributed by atoms with E-state index in [0.717, 1.165) is 22.4 Å². The molecule has 0 aromatic heterocycles. The van der Waals surface area contributed by atoms with Crippen molar-refractivity contribution in [3.8, 4) is 5.75 Å². The molecule has 0 saturated carbocycles. The Morgan fingerprint density at radius 2 is 1.77 bits per heavy atom. The maximum Gasteiger partial charge on any atom is 0.331 e. The highest BCUT2D eigenvalue weighted by Gasteiger charge is 2.17. The van der Waals surface area contributed by atoms with Gasteiger partial charge in [-0.2, -0.15) is 0 Å². The number of methoxy groups -OCH3 is 1. The van der Waals surface area contributed by atoms with E-state index in [4.69, 9.17) is 9.47 Å². The van der Waals surface area contributed by atoms with Crippen LogP contribution in [0.5, 0.6) is 5.75 Å². The average molecular weight is 353 g/mol. The van der Waals surface area contributed by atoms with Crippen LogP contribution in [-0.4, -0.2) is 25.1 Å². The van der Waals surface area contributed by atoms with Crippen LogP contribution in [0, 0.1) is 13.8 Å². The van der Waals surface area contributed by atoms with Gasteiger partial charge in [0, 0.05) is 11.8 Å². The first-order valence-electron chi connectivity index (χ1n) is 8.30. The number of aryl methyl sites for hydroxylation is 2. The zero-order valence-corrected chi connectivity index (χ0v) is 15.4. The second-order valence-electron chi connectivity index (χ2n) is 5.99. The van der Waals surface area contributed by atoms with E-state index in [1.165, 1.54) is 6.08 Å². The molecule has 1 amide bonds. The van der Waals surface area contributed by atoms with Crippen LogP contribution in [0.15, 0.2) is 48.5 Å². The van der Waals surface area contributed by atoms with E-state index < -0.39 is 12.1 Å². The Morgan fingerprint density at radius 1 is 1.08 bits per heavy atom. The number of esters is 1. The molecule has 0 heterocycles. The van der Waals surface area contributed by atoms with Crippen LogP contribution >= 0.6 is 0 Å². The van der Waals surface area contributed by atoms with Gasteiger partial charge in [-0.3, -0.25) is 4.79 Å². The fraction of sp³-hybridized carbons (Fsp3) is 0.238. The lowest BCUT2D eigenvalue weighted by Crippen LogP contribution is -2.29. The van der Waals surface area contributed by atoms with E-state index in [2.05, 4.69) is 5.32 Å². The molecule has 5 nitrogen and oxygen atoms in total. The number of benzene rings is 2. The number of rotatable bonds is 6. The quantitative estimate of drug-likeness (QED) is 0.632. The van der Waals surface area contributed by atoms with Gasteiger partial charge in [0.2, 0.25) is 0 Å². The van der Waals surface area contributed by atoms with Gasteiger partial charge in [0.25, 0.3) is 5.91 Å². The van der Waals surface area contributed by atoms with Crippen LogP contribution in [0.2, 0.25) is 0 Å². The van der Waals surface area contributed by atoms with Crippen LogP contribution in [0.1, 0.15) is 23.6 Å². The molecule has 0 spiro atoms. The highest BCUT2D eigenvalue weighted by atomic mass is 16.5. The summed E-state index contributed by atoms with van der Waals surface area (Å²) in [4.78, 5) is 24.1. The third-order valence-corrected chi connectivity index (χ3v) is 3.84. The smallest absolute Gasteiger partial charge is 0.331 e. The molecule has 26 heavy (non-hydrogen) atoms. The summed E-state index contributed by atoms with van der Waals surface area (Å²) in [5.41, 5.74) is 3.53. The zero-order valence-electron chi connectivity index (χ0n) is 15.4. The number of hydrogen-bond donors (Lipinski definition) is 1. The fourth-order valence-electron chi connectivity index (χ4n) is 2.25. The van der Waals surface area contributed by atoms with E-state index in [0.29, 0.717) is 5.69 Å². The molecule has 1 atom stereocenters. The second kappa shape index (κ2) is 8.85. The van der Waals surface area contributed by atoms with Gasteiger partial charge in [-0.1, -0.05) is 24.3 Å². The number of hydrogen-bond acceptors (Lipinski definition) is 4. The monoisotopic (exact) mass is 353 g/mol. The molecule has 0 aliphatic heterocycles. The third-order valence-electron chi connectivity index (χ3n) is 3.84. The number of carbonyl (C=O) groups excluding carboxylic acids is 2. The van der Waals surface area contributed by atoms with Gasteiger partial charge in [0.15, 0.2) is 6.10 Å². The van der Waals surface area contributed by atoms with Gasteiger partial charge in [-0.05, 0) is 61.7 Å². The van der Waals surface area contributed by atoms with Crippen molar-refractivity contribution in [2.45, 2.75) is 26.9 Å². The predicted octanol–water partition coefficient (Wildman–Crippen LogP) is 3.90. The first-order chi connectivity index (χ1) is 12.4. The van der Waals surface area contributed by atoms with Crippen molar-refractivity contribution in [3.63, 3.8) is 0 Å². The van der Waals surface area contributed by atoms with Crippen molar-refractivity contribution in [2.75, 3.05) is 12.4 Å². The summed E-state index contributed by atoms with van der Waals surface area (Å²) in [6.45, 7) is 5.39. The van der Waals surface area contributed by atoms with E-state index in [1.54, 1.807) is 32.2 Å². The minimum absolute atomic E-state index is 0.370. The van der Waals surface area contributed by atoms with Gasteiger partial charge in [-0.15, -0.1) is 0 Å². The largest absolute Gasteiger partial charge is 0.497 e. The number of nitrogens with one attached hydrogen (secondary N) is 1. The fourth-order valence-corrected chi connectivity index (χ4v) is 2.25. The molecule has 0 saturated heterocycles. The normalized spacial score (nSPS) is 11.8. The summed E-state index contributed by atoms with van der Waals surface area (Å²) in [5, 5.41) is 2.79. The summed E-state index contributed by atoms with van der Waals surface area (Å²) < 4.78 is 10.2. The van der Waals surface area contributed by atoms with Crippen molar-refractivity contribution in [2.24, 2.45) is 0 Å². The predicted molar refractivity (Wildman–Crippen MR) is 102 cm³/mol. The van der Waals surface area contributed by atoms with Crippen LogP contribution < -0.4 is 10.1 Å². The maximum absolute atomic E-state index is 12.2. The van der Waals surface area contributed by atoms with Crippen LogP contribution in [0.4, 0.5) is 5.69 Å². The molecule has 136 valence electrons. The zero-order chi connectivity index (χ0) is 19.1. The highest BCUT2D eigenvalue weighted by Crippen LogP contribution is 2.17.